The lowest BCUT2D eigenvalue weighted by atomic mass is 9.93. The molecule has 1 saturated heterocycles. The molecule has 5 nitrogen and oxygen atoms in total. The molecule has 2 N–H and O–H groups in total. The van der Waals surface area contributed by atoms with E-state index in [1.807, 2.05) is 17.7 Å². The zero-order valence-electron chi connectivity index (χ0n) is 16.0. The highest BCUT2D eigenvalue weighted by atomic mass is 127. The van der Waals surface area contributed by atoms with Crippen LogP contribution in [0, 0.1) is 5.92 Å². The van der Waals surface area contributed by atoms with Gasteiger partial charge in [0.1, 0.15) is 5.15 Å². The maximum Gasteiger partial charge on any atom is 0.191 e. The minimum absolute atomic E-state index is 0. The first kappa shape index (κ1) is 23.9. The van der Waals surface area contributed by atoms with E-state index in [1.54, 1.807) is 0 Å². The van der Waals surface area contributed by atoms with Gasteiger partial charge >= 0.3 is 0 Å². The molecular formula is C18H32Cl2IN5. The summed E-state index contributed by atoms with van der Waals surface area (Å²) < 4.78 is 1.87. The van der Waals surface area contributed by atoms with Crippen LogP contribution >= 0.6 is 47.2 Å². The van der Waals surface area contributed by atoms with Crippen LogP contribution in [0.3, 0.4) is 0 Å². The van der Waals surface area contributed by atoms with Crippen molar-refractivity contribution in [1.29, 1.82) is 0 Å². The van der Waals surface area contributed by atoms with Gasteiger partial charge in [-0.25, -0.2) is 4.99 Å². The number of likely N-dealkylation sites (tertiary alicyclic amines) is 1. The van der Waals surface area contributed by atoms with E-state index in [9.17, 15) is 0 Å². The second-order valence-corrected chi connectivity index (χ2v) is 7.39. The maximum atomic E-state index is 6.11. The third kappa shape index (κ3) is 7.09. The summed E-state index contributed by atoms with van der Waals surface area (Å²) in [4.78, 5) is 7.19. The Kier molecular flexibility index (Phi) is 11.3. The van der Waals surface area contributed by atoms with Crippen molar-refractivity contribution >= 4 is 53.1 Å². The highest BCUT2D eigenvalue weighted by Gasteiger charge is 2.17. The summed E-state index contributed by atoms with van der Waals surface area (Å²) in [6.07, 6.45) is 3.82. The number of halogens is 3. The number of hydrogen-bond acceptors (Lipinski definition) is 2. The zero-order valence-corrected chi connectivity index (χ0v) is 19.9. The molecule has 0 atom stereocenters. The number of nitrogens with one attached hydrogen (secondary N) is 2. The average Bonchev–Trinajstić information content (AvgIpc) is 2.87. The van der Waals surface area contributed by atoms with Crippen LogP contribution in [0.2, 0.25) is 10.2 Å². The number of hydrogen-bond donors (Lipinski definition) is 2. The monoisotopic (exact) mass is 515 g/mol. The van der Waals surface area contributed by atoms with Crippen LogP contribution in [-0.4, -0.2) is 48.2 Å². The van der Waals surface area contributed by atoms with Crippen molar-refractivity contribution in [3.8, 4) is 0 Å². The van der Waals surface area contributed by atoms with Gasteiger partial charge in [0.05, 0.1) is 11.6 Å². The van der Waals surface area contributed by atoms with Crippen molar-refractivity contribution in [1.82, 2.24) is 20.1 Å². The normalized spacial score (nSPS) is 16.4. The first-order chi connectivity index (χ1) is 12.0. The summed E-state index contributed by atoms with van der Waals surface area (Å²) in [5.74, 6) is 1.67. The van der Waals surface area contributed by atoms with Gasteiger partial charge in [-0.15, -0.1) is 24.0 Å². The fourth-order valence-electron chi connectivity index (χ4n) is 3.23. The summed E-state index contributed by atoms with van der Waals surface area (Å²) in [5.41, 5.74) is 0.999. The predicted octanol–water partition coefficient (Wildman–Crippen LogP) is 4.13. The van der Waals surface area contributed by atoms with Gasteiger partial charge in [0.15, 0.2) is 5.96 Å². The minimum Gasteiger partial charge on any atom is -0.357 e. The molecule has 0 amide bonds. The Morgan fingerprint density at radius 3 is 2.46 bits per heavy atom. The van der Waals surface area contributed by atoms with E-state index < -0.39 is 0 Å². The molecule has 1 aromatic heterocycles. The van der Waals surface area contributed by atoms with E-state index in [4.69, 9.17) is 23.2 Å². The van der Waals surface area contributed by atoms with Crippen molar-refractivity contribution in [2.45, 2.75) is 39.7 Å². The molecule has 0 saturated carbocycles. The Hall–Kier alpha value is -0.180. The molecule has 1 fully saturated rings. The summed E-state index contributed by atoms with van der Waals surface area (Å²) in [6, 6.07) is 1.87. The summed E-state index contributed by atoms with van der Waals surface area (Å²) in [6.45, 7) is 10.3. The van der Waals surface area contributed by atoms with Gasteiger partial charge < -0.3 is 20.1 Å². The van der Waals surface area contributed by atoms with Crippen LogP contribution in [0.25, 0.3) is 0 Å². The van der Waals surface area contributed by atoms with Gasteiger partial charge in [-0.2, -0.15) is 0 Å². The molecule has 0 aliphatic carbocycles. The van der Waals surface area contributed by atoms with E-state index in [2.05, 4.69) is 34.4 Å². The van der Waals surface area contributed by atoms with Gasteiger partial charge in [0.2, 0.25) is 0 Å². The predicted molar refractivity (Wildman–Crippen MR) is 123 cm³/mol. The molecule has 26 heavy (non-hydrogen) atoms. The van der Waals surface area contributed by atoms with Crippen LogP contribution < -0.4 is 10.6 Å². The van der Waals surface area contributed by atoms with Gasteiger partial charge in [-0.3, -0.25) is 0 Å². The first-order valence-electron chi connectivity index (χ1n) is 9.29. The minimum atomic E-state index is 0. The van der Waals surface area contributed by atoms with E-state index in [1.165, 1.54) is 38.9 Å². The van der Waals surface area contributed by atoms with Crippen molar-refractivity contribution in [2.24, 2.45) is 18.0 Å². The molecule has 0 aromatic carbocycles. The Morgan fingerprint density at radius 1 is 1.23 bits per heavy atom. The molecule has 0 bridgehead atoms. The average molecular weight is 516 g/mol. The largest absolute Gasteiger partial charge is 0.357 e. The first-order valence-corrected chi connectivity index (χ1v) is 10.0. The molecular weight excluding hydrogens is 484 g/mol. The number of rotatable bonds is 7. The number of guanidine groups is 1. The molecule has 1 aromatic rings. The van der Waals surface area contributed by atoms with Gasteiger partial charge in [0.25, 0.3) is 0 Å². The second-order valence-electron chi connectivity index (χ2n) is 6.62. The quantitative estimate of drug-likeness (QED) is 0.326. The Labute approximate surface area is 184 Å². The van der Waals surface area contributed by atoms with E-state index in [-0.39, 0.29) is 24.0 Å². The Balaban J connectivity index is 0.00000338. The highest BCUT2D eigenvalue weighted by molar-refractivity contribution is 14.0. The smallest absolute Gasteiger partial charge is 0.191 e. The Bertz CT molecular complexity index is 568. The zero-order chi connectivity index (χ0) is 18.2. The molecule has 1 aliphatic rings. The number of nitrogens with zero attached hydrogens (tertiary/aromatic N) is 3. The maximum absolute atomic E-state index is 6.11. The van der Waals surface area contributed by atoms with Crippen molar-refractivity contribution in [3.63, 3.8) is 0 Å². The van der Waals surface area contributed by atoms with Crippen molar-refractivity contribution in [2.75, 3.05) is 32.7 Å². The SMILES string of the molecule is CCNC(=NCc1cc(Cl)c(Cl)n1C)NCCC1CCN(CC)CC1.I. The molecule has 8 heteroatoms. The lowest BCUT2D eigenvalue weighted by Crippen LogP contribution is -2.39. The fourth-order valence-corrected chi connectivity index (χ4v) is 3.64. The fraction of sp³-hybridized carbons (Fsp3) is 0.722. The number of piperidine rings is 1. The topological polar surface area (TPSA) is 44.6 Å². The van der Waals surface area contributed by atoms with Crippen LogP contribution in [0.5, 0.6) is 0 Å². The lowest BCUT2D eigenvalue weighted by Gasteiger charge is -2.31. The van der Waals surface area contributed by atoms with Crippen molar-refractivity contribution in [3.05, 3.63) is 21.9 Å². The molecule has 0 radical (unpaired) electrons. The number of aliphatic imine (C=N–C) groups is 1. The Morgan fingerprint density at radius 2 is 1.92 bits per heavy atom. The third-order valence-electron chi connectivity index (χ3n) is 4.96. The summed E-state index contributed by atoms with van der Waals surface area (Å²) >= 11 is 12.2. The van der Waals surface area contributed by atoms with Crippen LogP contribution in [-0.2, 0) is 13.6 Å². The molecule has 1 aliphatic heterocycles. The van der Waals surface area contributed by atoms with E-state index >= 15 is 0 Å². The number of aromatic nitrogens is 1. The van der Waals surface area contributed by atoms with E-state index in [0.717, 1.165) is 30.7 Å². The van der Waals surface area contributed by atoms with Gasteiger partial charge in [0, 0.05) is 25.8 Å². The summed E-state index contributed by atoms with van der Waals surface area (Å²) in [7, 11) is 1.90. The molecule has 0 spiro atoms. The third-order valence-corrected chi connectivity index (χ3v) is 5.80. The van der Waals surface area contributed by atoms with Gasteiger partial charge in [-0.05, 0) is 57.8 Å². The molecule has 150 valence electrons. The van der Waals surface area contributed by atoms with Gasteiger partial charge in [-0.1, -0.05) is 30.1 Å². The molecule has 2 heterocycles. The molecule has 2 rings (SSSR count). The highest BCUT2D eigenvalue weighted by Crippen LogP contribution is 2.25. The van der Waals surface area contributed by atoms with Crippen LogP contribution in [0.4, 0.5) is 0 Å². The van der Waals surface area contributed by atoms with Crippen LogP contribution in [0.1, 0.15) is 38.8 Å². The standard InChI is InChI=1S/C18H31Cl2N5.HI/c1-4-21-18(23-13-15-12-16(19)17(20)24(15)3)22-9-6-14-7-10-25(5-2)11-8-14;/h12,14H,4-11,13H2,1-3H3,(H2,21,22,23);1H. The summed E-state index contributed by atoms with van der Waals surface area (Å²) in [5, 5.41) is 7.89. The van der Waals surface area contributed by atoms with Crippen molar-refractivity contribution < 1.29 is 0 Å². The second kappa shape index (κ2) is 12.3. The molecule has 0 unspecified atom stereocenters. The lowest BCUT2D eigenvalue weighted by molar-refractivity contribution is 0.187. The van der Waals surface area contributed by atoms with Crippen LogP contribution in [0.15, 0.2) is 11.1 Å². The van der Waals surface area contributed by atoms with E-state index in [0.29, 0.717) is 16.7 Å².